The predicted molar refractivity (Wildman–Crippen MR) is 109 cm³/mol. The first kappa shape index (κ1) is 19.6. The lowest BCUT2D eigenvalue weighted by Crippen LogP contribution is -2.21. The average molecular weight is 388 g/mol. The van der Waals surface area contributed by atoms with Gasteiger partial charge in [-0.3, -0.25) is 9.69 Å². The Morgan fingerprint density at radius 2 is 2.00 bits per heavy atom. The van der Waals surface area contributed by atoms with Crippen molar-refractivity contribution in [2.45, 2.75) is 51.1 Å². The predicted octanol–water partition coefficient (Wildman–Crippen LogP) is 5.04. The molecule has 0 bridgehead atoms. The van der Waals surface area contributed by atoms with Crippen LogP contribution in [0.5, 0.6) is 0 Å². The number of pyridine rings is 1. The summed E-state index contributed by atoms with van der Waals surface area (Å²) in [6, 6.07) is 10.8. The maximum atomic E-state index is 9.00. The number of rotatable bonds is 6. The Bertz CT molecular complexity index is 800. The minimum absolute atomic E-state index is 0.723. The molecule has 144 valence electrons. The molecule has 4 rings (SSSR count). The van der Waals surface area contributed by atoms with Crippen LogP contribution in [-0.4, -0.2) is 34.0 Å². The van der Waals surface area contributed by atoms with E-state index in [4.69, 9.17) is 21.5 Å². The Kier molecular flexibility index (Phi) is 6.34. The van der Waals surface area contributed by atoms with Crippen LogP contribution < -0.4 is 5.32 Å². The van der Waals surface area contributed by atoms with E-state index in [-0.39, 0.29) is 0 Å². The monoisotopic (exact) mass is 387 g/mol. The van der Waals surface area contributed by atoms with Gasteiger partial charge in [0.15, 0.2) is 0 Å². The van der Waals surface area contributed by atoms with E-state index < -0.39 is 5.97 Å². The van der Waals surface area contributed by atoms with Gasteiger partial charge in [-0.05, 0) is 74.0 Å². The van der Waals surface area contributed by atoms with E-state index in [0.29, 0.717) is 0 Å². The second-order valence-electron chi connectivity index (χ2n) is 7.34. The highest BCUT2D eigenvalue weighted by Crippen LogP contribution is 2.43. The van der Waals surface area contributed by atoms with Gasteiger partial charge in [0.25, 0.3) is 5.97 Å². The number of nitrogens with one attached hydrogen (secondary N) is 1. The zero-order chi connectivity index (χ0) is 19.4. The van der Waals surface area contributed by atoms with Crippen LogP contribution in [0.25, 0.3) is 0 Å². The SMILES string of the molecule is CC(=O)O.CN(Cc1cnc(Nc2cccc(Cl)c2)cc1C1CC1)C1CC1. The number of carboxylic acids is 1. The highest BCUT2D eigenvalue weighted by Gasteiger charge is 2.30. The molecule has 0 saturated heterocycles. The number of benzene rings is 1. The van der Waals surface area contributed by atoms with Crippen LogP contribution in [0.3, 0.4) is 0 Å². The molecule has 2 aromatic rings. The number of aromatic nitrogens is 1. The molecule has 2 aliphatic carbocycles. The third-order valence-electron chi connectivity index (χ3n) is 4.73. The van der Waals surface area contributed by atoms with E-state index in [1.807, 2.05) is 24.3 Å². The molecule has 2 saturated carbocycles. The highest BCUT2D eigenvalue weighted by atomic mass is 35.5. The zero-order valence-electron chi connectivity index (χ0n) is 15.8. The number of hydrogen-bond donors (Lipinski definition) is 2. The molecule has 2 N–H and O–H groups in total. The van der Waals surface area contributed by atoms with E-state index in [0.717, 1.165) is 42.0 Å². The summed E-state index contributed by atoms with van der Waals surface area (Å²) in [4.78, 5) is 16.1. The standard InChI is InChI=1S/C19H22ClN3.C2H4O2/c1-23(17-7-8-17)12-14-11-21-19(10-18(14)13-5-6-13)22-16-4-2-3-15(20)9-16;1-2(3)4/h2-4,9-11,13,17H,5-8,12H2,1H3,(H,21,22);1H3,(H,3,4). The maximum absolute atomic E-state index is 9.00. The molecule has 0 amide bonds. The quantitative estimate of drug-likeness (QED) is 0.726. The molecule has 0 atom stereocenters. The molecular weight excluding hydrogens is 362 g/mol. The Hall–Kier alpha value is -2.11. The van der Waals surface area contributed by atoms with Gasteiger partial charge in [0.2, 0.25) is 0 Å². The Balaban J connectivity index is 0.000000481. The molecule has 1 aromatic heterocycles. The molecule has 6 heteroatoms. The van der Waals surface area contributed by atoms with Crippen molar-refractivity contribution in [1.29, 1.82) is 0 Å². The molecule has 2 fully saturated rings. The van der Waals surface area contributed by atoms with Crippen LogP contribution in [-0.2, 0) is 11.3 Å². The molecule has 0 radical (unpaired) electrons. The fourth-order valence-corrected chi connectivity index (χ4v) is 3.29. The van der Waals surface area contributed by atoms with Crippen molar-refractivity contribution in [2.75, 3.05) is 12.4 Å². The van der Waals surface area contributed by atoms with E-state index in [9.17, 15) is 0 Å². The number of carboxylic acid groups (broad SMARTS) is 1. The summed E-state index contributed by atoms with van der Waals surface area (Å²) in [5.41, 5.74) is 3.84. The number of anilines is 2. The third kappa shape index (κ3) is 6.22. The highest BCUT2D eigenvalue weighted by molar-refractivity contribution is 6.30. The van der Waals surface area contributed by atoms with E-state index in [2.05, 4.69) is 34.5 Å². The van der Waals surface area contributed by atoms with Crippen molar-refractivity contribution in [3.8, 4) is 0 Å². The van der Waals surface area contributed by atoms with Crippen molar-refractivity contribution in [3.05, 3.63) is 52.7 Å². The summed E-state index contributed by atoms with van der Waals surface area (Å²) in [5.74, 6) is 0.799. The first-order chi connectivity index (χ1) is 12.9. The van der Waals surface area contributed by atoms with Crippen molar-refractivity contribution < 1.29 is 9.90 Å². The zero-order valence-corrected chi connectivity index (χ0v) is 16.5. The van der Waals surface area contributed by atoms with Gasteiger partial charge in [0, 0.05) is 36.4 Å². The lowest BCUT2D eigenvalue weighted by Gasteiger charge is -2.19. The van der Waals surface area contributed by atoms with E-state index >= 15 is 0 Å². The number of halogens is 1. The minimum Gasteiger partial charge on any atom is -0.481 e. The molecule has 0 spiro atoms. The number of hydrogen-bond acceptors (Lipinski definition) is 4. The van der Waals surface area contributed by atoms with E-state index in [1.165, 1.54) is 36.8 Å². The number of carbonyl (C=O) groups is 1. The number of nitrogens with zero attached hydrogens (tertiary/aromatic N) is 2. The summed E-state index contributed by atoms with van der Waals surface area (Å²) < 4.78 is 0. The molecule has 5 nitrogen and oxygen atoms in total. The van der Waals surface area contributed by atoms with Gasteiger partial charge in [0.05, 0.1) is 0 Å². The first-order valence-electron chi connectivity index (χ1n) is 9.33. The molecule has 2 aliphatic rings. The second kappa shape index (κ2) is 8.72. The van der Waals surface area contributed by atoms with Gasteiger partial charge in [-0.15, -0.1) is 0 Å². The lowest BCUT2D eigenvalue weighted by atomic mass is 10.1. The van der Waals surface area contributed by atoms with Crippen LogP contribution in [0, 0.1) is 0 Å². The van der Waals surface area contributed by atoms with Crippen LogP contribution >= 0.6 is 11.6 Å². The average Bonchev–Trinajstić information content (AvgIpc) is 3.47. The summed E-state index contributed by atoms with van der Waals surface area (Å²) in [6.07, 6.45) is 7.36. The topological polar surface area (TPSA) is 65.5 Å². The van der Waals surface area contributed by atoms with Crippen LogP contribution in [0.4, 0.5) is 11.5 Å². The minimum atomic E-state index is -0.833. The fourth-order valence-electron chi connectivity index (χ4n) is 3.10. The molecule has 1 heterocycles. The third-order valence-corrected chi connectivity index (χ3v) is 4.96. The first-order valence-corrected chi connectivity index (χ1v) is 9.71. The summed E-state index contributed by atoms with van der Waals surface area (Å²) >= 11 is 6.05. The molecule has 27 heavy (non-hydrogen) atoms. The number of aliphatic carboxylic acids is 1. The largest absolute Gasteiger partial charge is 0.481 e. The smallest absolute Gasteiger partial charge is 0.300 e. The normalized spacial score (nSPS) is 15.9. The fraction of sp³-hybridized carbons (Fsp3) is 0.429. The van der Waals surface area contributed by atoms with Gasteiger partial charge in [-0.1, -0.05) is 17.7 Å². The Morgan fingerprint density at radius 1 is 1.30 bits per heavy atom. The van der Waals surface area contributed by atoms with Gasteiger partial charge < -0.3 is 10.4 Å². The molecule has 0 unspecified atom stereocenters. The molecular formula is C21H26ClN3O2. The second-order valence-corrected chi connectivity index (χ2v) is 7.78. The molecule has 1 aromatic carbocycles. The summed E-state index contributed by atoms with van der Waals surface area (Å²) in [6.45, 7) is 2.10. The van der Waals surface area contributed by atoms with E-state index in [1.54, 1.807) is 0 Å². The van der Waals surface area contributed by atoms with Crippen molar-refractivity contribution in [1.82, 2.24) is 9.88 Å². The van der Waals surface area contributed by atoms with Gasteiger partial charge in [-0.2, -0.15) is 0 Å². The maximum Gasteiger partial charge on any atom is 0.300 e. The lowest BCUT2D eigenvalue weighted by molar-refractivity contribution is -0.134. The van der Waals surface area contributed by atoms with Gasteiger partial charge >= 0.3 is 0 Å². The van der Waals surface area contributed by atoms with Gasteiger partial charge in [-0.25, -0.2) is 4.98 Å². The van der Waals surface area contributed by atoms with Crippen LogP contribution in [0.15, 0.2) is 36.5 Å². The Labute approximate surface area is 165 Å². The molecule has 0 aliphatic heterocycles. The Morgan fingerprint density at radius 3 is 2.59 bits per heavy atom. The summed E-state index contributed by atoms with van der Waals surface area (Å²) in [7, 11) is 2.23. The van der Waals surface area contributed by atoms with Gasteiger partial charge in [0.1, 0.15) is 5.82 Å². The van der Waals surface area contributed by atoms with Crippen molar-refractivity contribution in [2.24, 2.45) is 0 Å². The van der Waals surface area contributed by atoms with Crippen molar-refractivity contribution >= 4 is 29.1 Å². The summed E-state index contributed by atoms with van der Waals surface area (Å²) in [5, 5.41) is 11.5. The van der Waals surface area contributed by atoms with Crippen molar-refractivity contribution in [3.63, 3.8) is 0 Å². The van der Waals surface area contributed by atoms with Crippen LogP contribution in [0.1, 0.15) is 49.7 Å². The van der Waals surface area contributed by atoms with Crippen LogP contribution in [0.2, 0.25) is 5.02 Å².